The van der Waals surface area contributed by atoms with E-state index in [2.05, 4.69) is 27.1 Å². The Hall–Kier alpha value is -3.55. The van der Waals surface area contributed by atoms with Crippen LogP contribution in [0, 0.1) is 12.7 Å². The Balaban J connectivity index is 1.56. The molecule has 0 saturated carbocycles. The molecule has 5 rings (SSSR count). The van der Waals surface area contributed by atoms with Gasteiger partial charge in [0.15, 0.2) is 0 Å². The van der Waals surface area contributed by atoms with Gasteiger partial charge in [-0.2, -0.15) is 0 Å². The number of aryl methyl sites for hydroxylation is 1. The molecule has 1 aliphatic rings. The molecule has 0 radical (unpaired) electrons. The summed E-state index contributed by atoms with van der Waals surface area (Å²) < 4.78 is 19.7. The average Bonchev–Trinajstić information content (AvgIpc) is 3.16. The second kappa shape index (κ2) is 9.13. The van der Waals surface area contributed by atoms with E-state index in [9.17, 15) is 9.18 Å². The van der Waals surface area contributed by atoms with E-state index in [0.717, 1.165) is 40.9 Å². The molecule has 7 heteroatoms. The molecule has 4 aromatic rings. The summed E-state index contributed by atoms with van der Waals surface area (Å²) in [6, 6.07) is 17.6. The number of pyridine rings is 1. The molecule has 1 amide bonds. The van der Waals surface area contributed by atoms with Crippen LogP contribution in [0.5, 0.6) is 0 Å². The van der Waals surface area contributed by atoms with Gasteiger partial charge in [0.25, 0.3) is 5.91 Å². The number of fused-ring (bicyclic) bond motifs is 1. The number of hydrogen-bond donors (Lipinski definition) is 2. The summed E-state index contributed by atoms with van der Waals surface area (Å²) in [6.07, 6.45) is 1.81. The van der Waals surface area contributed by atoms with Gasteiger partial charge in [0.05, 0.1) is 30.5 Å². The minimum atomic E-state index is -0.545. The molecular weight excluding hydrogens is 419 g/mol. The molecule has 168 valence electrons. The summed E-state index contributed by atoms with van der Waals surface area (Å²) >= 11 is 0. The van der Waals surface area contributed by atoms with Crippen molar-refractivity contribution in [3.05, 3.63) is 95.2 Å². The Morgan fingerprint density at radius 3 is 2.67 bits per heavy atom. The van der Waals surface area contributed by atoms with Crippen LogP contribution in [0.3, 0.4) is 0 Å². The summed E-state index contributed by atoms with van der Waals surface area (Å²) in [5.41, 5.74) is 4.72. The molecule has 1 saturated heterocycles. The number of halogens is 1. The number of nitrogens with one attached hydrogen (secondary N) is 2. The zero-order valence-corrected chi connectivity index (χ0v) is 18.3. The number of H-pyrrole nitrogens is 1. The summed E-state index contributed by atoms with van der Waals surface area (Å²) in [5, 5.41) is 3.84. The van der Waals surface area contributed by atoms with Crippen molar-refractivity contribution in [2.45, 2.75) is 13.0 Å². The van der Waals surface area contributed by atoms with Gasteiger partial charge in [-0.25, -0.2) is 4.39 Å². The maximum Gasteiger partial charge on any atom is 0.258 e. The van der Waals surface area contributed by atoms with E-state index >= 15 is 0 Å². The first kappa shape index (κ1) is 21.3. The number of nitrogens with zero attached hydrogens (tertiary/aromatic N) is 2. The van der Waals surface area contributed by atoms with Crippen molar-refractivity contribution in [2.24, 2.45) is 0 Å². The average molecular weight is 445 g/mol. The third-order valence-electron chi connectivity index (χ3n) is 6.06. The van der Waals surface area contributed by atoms with E-state index in [0.29, 0.717) is 18.9 Å². The summed E-state index contributed by atoms with van der Waals surface area (Å²) in [4.78, 5) is 23.2. The van der Waals surface area contributed by atoms with Crippen molar-refractivity contribution in [1.29, 1.82) is 0 Å². The molecular formula is C26H25FN4O2. The van der Waals surface area contributed by atoms with Crippen LogP contribution < -0.4 is 5.32 Å². The maximum absolute atomic E-state index is 14.1. The first-order chi connectivity index (χ1) is 16.1. The second-order valence-corrected chi connectivity index (χ2v) is 8.16. The number of carbonyl (C=O) groups is 1. The standard InChI is InChI=1S/C26H25FN4O2/c1-17-24(25(23-8-4-5-11-28-23)31-12-14-33-15-13-31)20-16-18(9-10-22(20)29-17)30-26(32)19-6-2-3-7-21(19)27/h2-11,16,25,29H,12-15H2,1H3,(H,30,32)/t25-/m1/s1. The highest BCUT2D eigenvalue weighted by Gasteiger charge is 2.29. The van der Waals surface area contributed by atoms with Gasteiger partial charge >= 0.3 is 0 Å². The van der Waals surface area contributed by atoms with Crippen molar-refractivity contribution in [1.82, 2.24) is 14.9 Å². The van der Waals surface area contributed by atoms with Crippen molar-refractivity contribution in [3.63, 3.8) is 0 Å². The number of ether oxygens (including phenoxy) is 1. The largest absolute Gasteiger partial charge is 0.379 e. The van der Waals surface area contributed by atoms with E-state index < -0.39 is 11.7 Å². The number of morpholine rings is 1. The molecule has 3 heterocycles. The normalized spacial score (nSPS) is 15.5. The van der Waals surface area contributed by atoms with Gasteiger partial charge in [-0.1, -0.05) is 18.2 Å². The molecule has 0 unspecified atom stereocenters. The zero-order valence-electron chi connectivity index (χ0n) is 18.3. The van der Waals surface area contributed by atoms with Crippen molar-refractivity contribution in [3.8, 4) is 0 Å². The summed E-state index contributed by atoms with van der Waals surface area (Å²) in [6.45, 7) is 5.01. The maximum atomic E-state index is 14.1. The van der Waals surface area contributed by atoms with Gasteiger partial charge in [-0.05, 0) is 49.4 Å². The molecule has 1 atom stereocenters. The third-order valence-corrected chi connectivity index (χ3v) is 6.06. The lowest BCUT2D eigenvalue weighted by molar-refractivity contribution is 0.0234. The monoisotopic (exact) mass is 444 g/mol. The molecule has 0 aliphatic carbocycles. The molecule has 2 aromatic heterocycles. The van der Waals surface area contributed by atoms with E-state index in [-0.39, 0.29) is 11.6 Å². The van der Waals surface area contributed by atoms with Gasteiger partial charge in [-0.15, -0.1) is 0 Å². The number of amides is 1. The summed E-state index contributed by atoms with van der Waals surface area (Å²) in [5.74, 6) is -1.02. The minimum absolute atomic E-state index is 0.0164. The van der Waals surface area contributed by atoms with Gasteiger partial charge in [-0.3, -0.25) is 14.7 Å². The fourth-order valence-corrected chi connectivity index (χ4v) is 4.51. The van der Waals surface area contributed by atoms with E-state index in [1.165, 1.54) is 12.1 Å². The second-order valence-electron chi connectivity index (χ2n) is 8.16. The van der Waals surface area contributed by atoms with Gasteiger partial charge in [0.1, 0.15) is 5.82 Å². The van der Waals surface area contributed by atoms with Gasteiger partial charge < -0.3 is 15.0 Å². The van der Waals surface area contributed by atoms with Crippen LogP contribution >= 0.6 is 0 Å². The highest BCUT2D eigenvalue weighted by atomic mass is 19.1. The lowest BCUT2D eigenvalue weighted by atomic mass is 9.97. The number of hydrogen-bond acceptors (Lipinski definition) is 4. The first-order valence-electron chi connectivity index (χ1n) is 11.0. The van der Waals surface area contributed by atoms with Crippen LogP contribution in [0.1, 0.15) is 33.4 Å². The van der Waals surface area contributed by atoms with Gasteiger partial charge in [0.2, 0.25) is 0 Å². The smallest absolute Gasteiger partial charge is 0.258 e. The van der Waals surface area contributed by atoms with Crippen LogP contribution in [-0.2, 0) is 4.74 Å². The van der Waals surface area contributed by atoms with E-state index in [1.54, 1.807) is 12.1 Å². The zero-order chi connectivity index (χ0) is 22.8. The Morgan fingerprint density at radius 1 is 1.12 bits per heavy atom. The number of rotatable bonds is 5. The highest BCUT2D eigenvalue weighted by Crippen LogP contribution is 2.37. The number of carbonyl (C=O) groups excluding carboxylic acids is 1. The Bertz CT molecular complexity index is 1280. The first-order valence-corrected chi connectivity index (χ1v) is 11.0. The fourth-order valence-electron chi connectivity index (χ4n) is 4.51. The SMILES string of the molecule is Cc1[nH]c2ccc(NC(=O)c3ccccc3F)cc2c1[C@@H](c1ccccn1)N1CCOCC1. The van der Waals surface area contributed by atoms with Crippen molar-refractivity contribution >= 4 is 22.5 Å². The Morgan fingerprint density at radius 2 is 1.91 bits per heavy atom. The molecule has 2 N–H and O–H groups in total. The molecule has 6 nitrogen and oxygen atoms in total. The predicted molar refractivity (Wildman–Crippen MR) is 126 cm³/mol. The van der Waals surface area contributed by atoms with Crippen molar-refractivity contribution in [2.75, 3.05) is 31.6 Å². The van der Waals surface area contributed by atoms with Gasteiger partial charge in [0, 0.05) is 47.1 Å². The molecule has 0 bridgehead atoms. The molecule has 1 aliphatic heterocycles. The van der Waals surface area contributed by atoms with Crippen molar-refractivity contribution < 1.29 is 13.9 Å². The minimum Gasteiger partial charge on any atom is -0.379 e. The van der Waals surface area contributed by atoms with Crippen LogP contribution in [0.2, 0.25) is 0 Å². The number of aromatic amines is 1. The summed E-state index contributed by atoms with van der Waals surface area (Å²) in [7, 11) is 0. The van der Waals surface area contributed by atoms with Crippen LogP contribution in [0.4, 0.5) is 10.1 Å². The van der Waals surface area contributed by atoms with Crippen LogP contribution in [0.25, 0.3) is 10.9 Å². The lowest BCUT2D eigenvalue weighted by Gasteiger charge is -2.34. The molecule has 2 aromatic carbocycles. The molecule has 0 spiro atoms. The predicted octanol–water partition coefficient (Wildman–Crippen LogP) is 4.68. The third kappa shape index (κ3) is 4.25. The quantitative estimate of drug-likeness (QED) is 0.469. The molecule has 1 fully saturated rings. The fraction of sp³-hybridized carbons (Fsp3) is 0.231. The van der Waals surface area contributed by atoms with E-state index in [1.807, 2.05) is 42.6 Å². The molecule has 33 heavy (non-hydrogen) atoms. The number of anilines is 1. The van der Waals surface area contributed by atoms with E-state index in [4.69, 9.17) is 4.74 Å². The Kier molecular flexibility index (Phi) is 5.90. The Labute approximate surface area is 191 Å². The number of aromatic nitrogens is 2. The lowest BCUT2D eigenvalue weighted by Crippen LogP contribution is -2.40. The highest BCUT2D eigenvalue weighted by molar-refractivity contribution is 6.05. The van der Waals surface area contributed by atoms with Crippen LogP contribution in [-0.4, -0.2) is 47.1 Å². The number of benzene rings is 2. The van der Waals surface area contributed by atoms with Crippen LogP contribution in [0.15, 0.2) is 66.9 Å². The topological polar surface area (TPSA) is 70.2 Å².